The lowest BCUT2D eigenvalue weighted by Gasteiger charge is -2.15. The largest absolute Gasteiger partial charge is 0.471 e. The van der Waals surface area contributed by atoms with Crippen LogP contribution in [0, 0.1) is 12.7 Å². The van der Waals surface area contributed by atoms with Crippen LogP contribution in [-0.2, 0) is 20.3 Å². The fourth-order valence-corrected chi connectivity index (χ4v) is 2.44. The van der Waals surface area contributed by atoms with Crippen LogP contribution >= 0.6 is 0 Å². The third-order valence-electron chi connectivity index (χ3n) is 4.13. The molecular weight excluding hydrogens is 337 g/mol. The lowest BCUT2D eigenvalue weighted by atomic mass is 10.2. The van der Waals surface area contributed by atoms with Crippen molar-refractivity contribution in [3.8, 4) is 5.75 Å². The van der Waals surface area contributed by atoms with Gasteiger partial charge < -0.3 is 9.64 Å². The molecule has 0 aliphatic rings. The lowest BCUT2D eigenvalue weighted by Crippen LogP contribution is -2.27. The number of carbonyl (C=O) groups excluding carboxylic acids is 1. The van der Waals surface area contributed by atoms with Gasteiger partial charge in [-0.1, -0.05) is 0 Å². The maximum atomic E-state index is 12.9. The summed E-state index contributed by atoms with van der Waals surface area (Å²) in [5.41, 5.74) is 2.34. The summed E-state index contributed by atoms with van der Waals surface area (Å²) in [6.07, 6.45) is 3.42. The Hall–Kier alpha value is -3.16. The number of aromatic nitrogens is 4. The number of aryl methyl sites for hydroxylation is 1. The molecular formula is C18H20FN5O2. The summed E-state index contributed by atoms with van der Waals surface area (Å²) in [5, 5.41) is 8.42. The Bertz CT molecular complexity index is 901. The SMILES string of the molecule is Cc1c(CN(C)C(=O)c2ccn(COc3ccc(F)cc3)n2)cnn1C. The van der Waals surface area contributed by atoms with Crippen LogP contribution in [0.2, 0.25) is 0 Å². The quantitative estimate of drug-likeness (QED) is 0.679. The van der Waals surface area contributed by atoms with Crippen LogP contribution in [0.5, 0.6) is 5.75 Å². The molecule has 1 aromatic carbocycles. The molecule has 3 aromatic rings. The minimum Gasteiger partial charge on any atom is -0.471 e. The number of amides is 1. The molecule has 2 heterocycles. The van der Waals surface area contributed by atoms with Gasteiger partial charge in [0.25, 0.3) is 5.91 Å². The predicted octanol–water partition coefficient (Wildman–Crippen LogP) is 2.37. The van der Waals surface area contributed by atoms with Crippen molar-refractivity contribution in [3.63, 3.8) is 0 Å². The van der Waals surface area contributed by atoms with Crippen LogP contribution in [-0.4, -0.2) is 37.4 Å². The molecule has 0 radical (unpaired) electrons. The molecule has 0 aliphatic carbocycles. The van der Waals surface area contributed by atoms with Gasteiger partial charge in [0, 0.05) is 38.1 Å². The lowest BCUT2D eigenvalue weighted by molar-refractivity contribution is 0.0777. The smallest absolute Gasteiger partial charge is 0.274 e. The molecule has 2 aromatic heterocycles. The number of nitrogens with zero attached hydrogens (tertiary/aromatic N) is 5. The first-order valence-electron chi connectivity index (χ1n) is 8.09. The standard InChI is InChI=1S/C18H20FN5O2/c1-13-14(10-20-23(13)3)11-22(2)18(25)17-8-9-24(21-17)12-26-16-6-4-15(19)5-7-16/h4-10H,11-12H2,1-3H3. The fourth-order valence-electron chi connectivity index (χ4n) is 2.44. The summed E-state index contributed by atoms with van der Waals surface area (Å²) in [6, 6.07) is 7.36. The Morgan fingerprint density at radius 1 is 1.27 bits per heavy atom. The molecule has 0 bridgehead atoms. The fraction of sp³-hybridized carbons (Fsp3) is 0.278. The van der Waals surface area contributed by atoms with Gasteiger partial charge >= 0.3 is 0 Å². The van der Waals surface area contributed by atoms with E-state index in [9.17, 15) is 9.18 Å². The number of ether oxygens (including phenoxy) is 1. The third-order valence-corrected chi connectivity index (χ3v) is 4.13. The molecule has 0 atom stereocenters. The highest BCUT2D eigenvalue weighted by molar-refractivity contribution is 5.91. The van der Waals surface area contributed by atoms with Gasteiger partial charge in [-0.2, -0.15) is 10.2 Å². The Balaban J connectivity index is 1.60. The maximum Gasteiger partial charge on any atom is 0.274 e. The molecule has 0 saturated heterocycles. The van der Waals surface area contributed by atoms with E-state index in [2.05, 4.69) is 10.2 Å². The summed E-state index contributed by atoms with van der Waals surface area (Å²) in [7, 11) is 3.59. The molecule has 1 amide bonds. The first-order chi connectivity index (χ1) is 12.4. The monoisotopic (exact) mass is 357 g/mol. The molecule has 3 rings (SSSR count). The van der Waals surface area contributed by atoms with E-state index in [1.165, 1.54) is 28.9 Å². The van der Waals surface area contributed by atoms with E-state index < -0.39 is 0 Å². The molecule has 0 N–H and O–H groups in total. The highest BCUT2D eigenvalue weighted by Gasteiger charge is 2.17. The summed E-state index contributed by atoms with van der Waals surface area (Å²) >= 11 is 0. The first kappa shape index (κ1) is 17.7. The van der Waals surface area contributed by atoms with E-state index >= 15 is 0 Å². The van der Waals surface area contributed by atoms with E-state index in [4.69, 9.17) is 4.74 Å². The first-order valence-corrected chi connectivity index (χ1v) is 8.09. The second-order valence-electron chi connectivity index (χ2n) is 6.01. The van der Waals surface area contributed by atoms with Crippen LogP contribution in [0.25, 0.3) is 0 Å². The number of halogens is 1. The minimum absolute atomic E-state index is 0.129. The van der Waals surface area contributed by atoms with Crippen molar-refractivity contribution in [1.29, 1.82) is 0 Å². The highest BCUT2D eigenvalue weighted by atomic mass is 19.1. The van der Waals surface area contributed by atoms with Gasteiger partial charge in [-0.05, 0) is 37.3 Å². The van der Waals surface area contributed by atoms with Crippen LogP contribution < -0.4 is 4.74 Å². The van der Waals surface area contributed by atoms with E-state index in [1.54, 1.807) is 35.1 Å². The number of benzene rings is 1. The molecule has 26 heavy (non-hydrogen) atoms. The molecule has 7 nitrogen and oxygen atoms in total. The van der Waals surface area contributed by atoms with Crippen molar-refractivity contribution in [1.82, 2.24) is 24.5 Å². The number of carbonyl (C=O) groups is 1. The molecule has 136 valence electrons. The van der Waals surface area contributed by atoms with Crippen LogP contribution in [0.3, 0.4) is 0 Å². The Labute approximate surface area is 150 Å². The zero-order valence-electron chi connectivity index (χ0n) is 14.9. The van der Waals surface area contributed by atoms with Gasteiger partial charge in [-0.25, -0.2) is 9.07 Å². The second-order valence-corrected chi connectivity index (χ2v) is 6.01. The molecule has 8 heteroatoms. The summed E-state index contributed by atoms with van der Waals surface area (Å²) < 4.78 is 21.7. The molecule has 0 fully saturated rings. The Kier molecular flexibility index (Phi) is 5.01. The molecule has 0 aliphatic heterocycles. The second kappa shape index (κ2) is 7.38. The number of hydrogen-bond acceptors (Lipinski definition) is 4. The van der Waals surface area contributed by atoms with Crippen molar-refractivity contribution in [2.24, 2.45) is 7.05 Å². The zero-order chi connectivity index (χ0) is 18.7. The number of rotatable bonds is 6. The maximum absolute atomic E-state index is 12.9. The zero-order valence-corrected chi connectivity index (χ0v) is 14.9. The Morgan fingerprint density at radius 3 is 2.65 bits per heavy atom. The van der Waals surface area contributed by atoms with Crippen molar-refractivity contribution in [3.05, 3.63) is 65.5 Å². The third kappa shape index (κ3) is 3.90. The van der Waals surface area contributed by atoms with Gasteiger partial charge in [0.1, 0.15) is 11.6 Å². The van der Waals surface area contributed by atoms with E-state index in [-0.39, 0.29) is 18.5 Å². The summed E-state index contributed by atoms with van der Waals surface area (Å²) in [6.45, 7) is 2.55. The van der Waals surface area contributed by atoms with Gasteiger partial charge in [0.2, 0.25) is 0 Å². The summed E-state index contributed by atoms with van der Waals surface area (Å²) in [5.74, 6) is 0.0175. The Morgan fingerprint density at radius 2 is 2.00 bits per heavy atom. The van der Waals surface area contributed by atoms with Gasteiger partial charge in [-0.15, -0.1) is 0 Å². The van der Waals surface area contributed by atoms with Gasteiger partial charge in [0.05, 0.1) is 6.20 Å². The molecule has 0 spiro atoms. The highest BCUT2D eigenvalue weighted by Crippen LogP contribution is 2.13. The molecule has 0 unspecified atom stereocenters. The summed E-state index contributed by atoms with van der Waals surface area (Å²) in [4.78, 5) is 14.1. The predicted molar refractivity (Wildman–Crippen MR) is 93.0 cm³/mol. The molecule has 0 saturated carbocycles. The minimum atomic E-state index is -0.323. The van der Waals surface area contributed by atoms with Crippen molar-refractivity contribution in [2.75, 3.05) is 7.05 Å². The van der Waals surface area contributed by atoms with Crippen LogP contribution in [0.1, 0.15) is 21.7 Å². The average Bonchev–Trinajstić information content (AvgIpc) is 3.23. The van der Waals surface area contributed by atoms with E-state index in [0.29, 0.717) is 18.0 Å². The van der Waals surface area contributed by atoms with E-state index in [0.717, 1.165) is 11.3 Å². The van der Waals surface area contributed by atoms with Gasteiger partial charge in [0.15, 0.2) is 12.4 Å². The van der Waals surface area contributed by atoms with E-state index in [1.807, 2.05) is 14.0 Å². The van der Waals surface area contributed by atoms with Crippen molar-refractivity contribution in [2.45, 2.75) is 20.2 Å². The topological polar surface area (TPSA) is 65.2 Å². The normalized spacial score (nSPS) is 10.8. The van der Waals surface area contributed by atoms with Crippen molar-refractivity contribution >= 4 is 5.91 Å². The van der Waals surface area contributed by atoms with Crippen LogP contribution in [0.4, 0.5) is 4.39 Å². The van der Waals surface area contributed by atoms with Gasteiger partial charge in [-0.3, -0.25) is 9.48 Å². The van der Waals surface area contributed by atoms with Crippen LogP contribution in [0.15, 0.2) is 42.7 Å². The number of hydrogen-bond donors (Lipinski definition) is 0. The average molecular weight is 357 g/mol. The van der Waals surface area contributed by atoms with Crippen molar-refractivity contribution < 1.29 is 13.9 Å².